The van der Waals surface area contributed by atoms with Crippen molar-refractivity contribution in [1.29, 1.82) is 5.26 Å². The van der Waals surface area contributed by atoms with Crippen molar-refractivity contribution in [3.8, 4) is 6.07 Å². The van der Waals surface area contributed by atoms with Gasteiger partial charge in [-0.15, -0.1) is 11.8 Å². The van der Waals surface area contributed by atoms with Crippen molar-refractivity contribution in [2.45, 2.75) is 37.5 Å². The van der Waals surface area contributed by atoms with Gasteiger partial charge in [0, 0.05) is 23.5 Å². The number of amides is 1. The summed E-state index contributed by atoms with van der Waals surface area (Å²) in [6.07, 6.45) is 3.93. The molecule has 0 saturated heterocycles. The van der Waals surface area contributed by atoms with Gasteiger partial charge in [0.05, 0.1) is 11.8 Å². The van der Waals surface area contributed by atoms with Gasteiger partial charge in [-0.05, 0) is 54.9 Å². The first-order chi connectivity index (χ1) is 10.2. The van der Waals surface area contributed by atoms with E-state index in [1.807, 2.05) is 11.0 Å². The second-order valence-corrected chi connectivity index (χ2v) is 7.23. The second-order valence-electron chi connectivity index (χ2n) is 6.18. The molecule has 1 aliphatic carbocycles. The van der Waals surface area contributed by atoms with Crippen molar-refractivity contribution in [2.75, 3.05) is 17.2 Å². The molecular weight excluding hydrogens is 280 g/mol. The van der Waals surface area contributed by atoms with Gasteiger partial charge in [0.2, 0.25) is 5.91 Å². The highest BCUT2D eigenvalue weighted by Gasteiger charge is 2.31. The molecule has 1 heterocycles. The first kappa shape index (κ1) is 14.5. The van der Waals surface area contributed by atoms with Gasteiger partial charge in [0.25, 0.3) is 0 Å². The maximum Gasteiger partial charge on any atom is 0.227 e. The van der Waals surface area contributed by atoms with E-state index in [4.69, 9.17) is 5.26 Å². The quantitative estimate of drug-likeness (QED) is 0.798. The van der Waals surface area contributed by atoms with Gasteiger partial charge in [-0.2, -0.15) is 5.26 Å². The van der Waals surface area contributed by atoms with Crippen LogP contribution in [0.5, 0.6) is 0 Å². The van der Waals surface area contributed by atoms with Gasteiger partial charge in [-0.1, -0.05) is 6.92 Å². The molecule has 1 amide bonds. The van der Waals surface area contributed by atoms with Crippen molar-refractivity contribution >= 4 is 23.4 Å². The fourth-order valence-electron chi connectivity index (χ4n) is 3.42. The van der Waals surface area contributed by atoms with Crippen LogP contribution in [0.25, 0.3) is 0 Å². The third-order valence-corrected chi connectivity index (χ3v) is 5.33. The van der Waals surface area contributed by atoms with E-state index in [0.717, 1.165) is 29.5 Å². The predicted molar refractivity (Wildman–Crippen MR) is 85.3 cm³/mol. The average Bonchev–Trinajstić information content (AvgIpc) is 2.46. The molecule has 0 radical (unpaired) electrons. The van der Waals surface area contributed by atoms with Crippen LogP contribution < -0.4 is 4.90 Å². The Balaban J connectivity index is 1.77. The van der Waals surface area contributed by atoms with Crippen LogP contribution in [0.2, 0.25) is 0 Å². The molecule has 0 unspecified atom stereocenters. The van der Waals surface area contributed by atoms with E-state index in [1.165, 1.54) is 18.4 Å². The van der Waals surface area contributed by atoms with Crippen LogP contribution >= 0.6 is 11.8 Å². The highest BCUT2D eigenvalue weighted by molar-refractivity contribution is 7.99. The van der Waals surface area contributed by atoms with E-state index in [-0.39, 0.29) is 5.91 Å². The van der Waals surface area contributed by atoms with E-state index >= 15 is 0 Å². The lowest BCUT2D eigenvalue weighted by Crippen LogP contribution is -2.41. The number of benzene rings is 1. The van der Waals surface area contributed by atoms with E-state index in [2.05, 4.69) is 25.1 Å². The third kappa shape index (κ3) is 3.08. The lowest BCUT2D eigenvalue weighted by Gasteiger charge is -2.39. The summed E-state index contributed by atoms with van der Waals surface area (Å²) in [6, 6.07) is 8.41. The summed E-state index contributed by atoms with van der Waals surface area (Å²) in [4.78, 5) is 15.4. The maximum atomic E-state index is 12.2. The highest BCUT2D eigenvalue weighted by atomic mass is 32.2. The maximum absolute atomic E-state index is 12.2. The minimum absolute atomic E-state index is 0.263. The first-order valence-electron chi connectivity index (χ1n) is 7.60. The van der Waals surface area contributed by atoms with Crippen molar-refractivity contribution in [2.24, 2.45) is 11.8 Å². The second kappa shape index (κ2) is 6.11. The summed E-state index contributed by atoms with van der Waals surface area (Å²) in [5, 5.41) is 8.67. The molecule has 21 heavy (non-hydrogen) atoms. The smallest absolute Gasteiger partial charge is 0.227 e. The van der Waals surface area contributed by atoms with E-state index in [0.29, 0.717) is 18.1 Å². The molecule has 1 aromatic carbocycles. The zero-order chi connectivity index (χ0) is 14.8. The summed E-state index contributed by atoms with van der Waals surface area (Å²) < 4.78 is 0. The van der Waals surface area contributed by atoms with Crippen LogP contribution in [-0.4, -0.2) is 18.2 Å². The molecule has 1 saturated carbocycles. The van der Waals surface area contributed by atoms with Gasteiger partial charge >= 0.3 is 0 Å². The monoisotopic (exact) mass is 300 g/mol. The molecule has 0 N–H and O–H groups in total. The summed E-state index contributed by atoms with van der Waals surface area (Å²) in [6.45, 7) is 3.15. The number of nitrogens with zero attached hydrogens (tertiary/aromatic N) is 2. The number of fused-ring (bicyclic) bond motifs is 1. The molecule has 0 bridgehead atoms. The first-order valence-corrected chi connectivity index (χ1v) is 8.59. The minimum atomic E-state index is 0.263. The molecule has 0 aromatic heterocycles. The fraction of sp³-hybridized carbons (Fsp3) is 0.529. The normalized spacial score (nSPS) is 24.2. The SMILES string of the molecule is CC1CC(CN2C(=O)CCc3cc(SCC#N)ccc32)C1. The van der Waals surface area contributed by atoms with Crippen molar-refractivity contribution < 1.29 is 4.79 Å². The Hall–Kier alpha value is -1.47. The molecule has 3 nitrogen and oxygen atoms in total. The number of nitriles is 1. The highest BCUT2D eigenvalue weighted by Crippen LogP contribution is 2.37. The molecular formula is C17H20N2OS. The predicted octanol–water partition coefficient (Wildman–Crippen LogP) is 3.63. The fourth-order valence-corrected chi connectivity index (χ4v) is 4.04. The van der Waals surface area contributed by atoms with Crippen LogP contribution in [0, 0.1) is 23.2 Å². The number of carbonyl (C=O) groups is 1. The van der Waals surface area contributed by atoms with Crippen LogP contribution in [0.1, 0.15) is 31.7 Å². The molecule has 0 atom stereocenters. The Morgan fingerprint density at radius 1 is 1.38 bits per heavy atom. The standard InChI is InChI=1S/C17H20N2OS/c1-12-8-13(9-12)11-19-16-4-3-15(21-7-6-18)10-14(16)2-5-17(19)20/h3-4,10,12-13H,2,5,7-9,11H2,1H3. The van der Waals surface area contributed by atoms with Gasteiger partial charge in [0.15, 0.2) is 0 Å². The summed E-state index contributed by atoms with van der Waals surface area (Å²) in [7, 11) is 0. The Morgan fingerprint density at radius 2 is 2.19 bits per heavy atom. The summed E-state index contributed by atoms with van der Waals surface area (Å²) >= 11 is 1.56. The number of anilines is 1. The lowest BCUT2D eigenvalue weighted by molar-refractivity contribution is -0.119. The number of hydrogen-bond acceptors (Lipinski definition) is 3. The van der Waals surface area contributed by atoms with E-state index in [1.54, 1.807) is 11.8 Å². The van der Waals surface area contributed by atoms with Crippen molar-refractivity contribution in [1.82, 2.24) is 0 Å². The summed E-state index contributed by atoms with van der Waals surface area (Å²) in [5.74, 6) is 2.22. The number of aryl methyl sites for hydroxylation is 1. The molecule has 0 spiro atoms. The van der Waals surface area contributed by atoms with Crippen LogP contribution in [0.3, 0.4) is 0 Å². The average molecular weight is 300 g/mol. The van der Waals surface area contributed by atoms with Crippen LogP contribution in [0.4, 0.5) is 5.69 Å². The van der Waals surface area contributed by atoms with E-state index in [9.17, 15) is 4.79 Å². The zero-order valence-electron chi connectivity index (χ0n) is 12.3. The van der Waals surface area contributed by atoms with Crippen molar-refractivity contribution in [3.05, 3.63) is 23.8 Å². The Labute approximate surface area is 130 Å². The van der Waals surface area contributed by atoms with E-state index < -0.39 is 0 Å². The van der Waals surface area contributed by atoms with Gasteiger partial charge < -0.3 is 4.90 Å². The molecule has 1 aromatic rings. The van der Waals surface area contributed by atoms with Gasteiger partial charge in [-0.25, -0.2) is 0 Å². The molecule has 1 aliphatic heterocycles. The number of thioether (sulfide) groups is 1. The Bertz CT molecular complexity index is 587. The Kier molecular flexibility index (Phi) is 4.21. The number of hydrogen-bond donors (Lipinski definition) is 0. The molecule has 3 rings (SSSR count). The third-order valence-electron chi connectivity index (χ3n) is 4.47. The van der Waals surface area contributed by atoms with Gasteiger partial charge in [0.1, 0.15) is 0 Å². The van der Waals surface area contributed by atoms with Crippen molar-refractivity contribution in [3.63, 3.8) is 0 Å². The molecule has 2 aliphatic rings. The topological polar surface area (TPSA) is 44.1 Å². The number of rotatable bonds is 4. The van der Waals surface area contributed by atoms with Gasteiger partial charge in [-0.3, -0.25) is 4.79 Å². The zero-order valence-corrected chi connectivity index (χ0v) is 13.2. The van der Waals surface area contributed by atoms with Crippen LogP contribution in [0.15, 0.2) is 23.1 Å². The summed E-state index contributed by atoms with van der Waals surface area (Å²) in [5.41, 5.74) is 2.34. The lowest BCUT2D eigenvalue weighted by atomic mass is 9.75. The molecule has 4 heteroatoms. The molecule has 1 fully saturated rings. The Morgan fingerprint density at radius 3 is 2.90 bits per heavy atom. The van der Waals surface area contributed by atoms with Crippen LogP contribution in [-0.2, 0) is 11.2 Å². The largest absolute Gasteiger partial charge is 0.312 e. The minimum Gasteiger partial charge on any atom is -0.312 e. The number of carbonyl (C=O) groups excluding carboxylic acids is 1. The molecule has 110 valence electrons.